The minimum absolute atomic E-state index is 0.0160. The standard InChI is InChI=1S/C27H32ClF4N7O.C24H23N3O4.C5H8O2.C2H6/c1-14-10-19(33)34-24(21(14)27(30,31)32)20-18(28)11-17-23(22(20)29)35-26(40-13-16-6-5-7-38(16)4)36-25(17)39-9-8-37(3)12-15(39)2;28-22-15-10-20-21-17(12-27(20)23(29)18(15)13-31-24(22)30)16(11-26-8-4-1-5-9-26)14-6-2-3-7-19(14)25-21;1-5(3-6)4-7-2;1-2/h10-11,15-16H,5-9,12-13H2,1-4H3,(H2,33,34);2-3,6-7,10,22,28H,1,4-5,8-9,11-13H2;3H,1,4H2,2H3;1-2H3/t15-,16?;;;/m0.../s1. The number of anilines is 2. The predicted molar refractivity (Wildman–Crippen MR) is 300 cm³/mol. The number of piperidine rings is 1. The van der Waals surface area contributed by atoms with Gasteiger partial charge in [-0.05, 0) is 109 Å². The molecule has 3 saturated heterocycles. The molecule has 3 fully saturated rings. The zero-order valence-electron chi connectivity index (χ0n) is 46.3. The molecule has 2 aromatic carbocycles. The van der Waals surface area contributed by atoms with Crippen molar-refractivity contribution in [2.24, 2.45) is 0 Å². The third-order valence-corrected chi connectivity index (χ3v) is 15.4. The number of piperazine rings is 1. The Hall–Kier alpha value is -6.62. The Kier molecular flexibility index (Phi) is 18.9. The molecule has 4 aromatic heterocycles. The number of carbonyl (C=O) groups is 2. The number of methoxy groups -OCH3 is 1. The van der Waals surface area contributed by atoms with Crippen LogP contribution in [0.15, 0.2) is 59.4 Å². The predicted octanol–water partition coefficient (Wildman–Crippen LogP) is 8.92. The number of likely N-dealkylation sites (N-methyl/N-ethyl adjacent to an activating group) is 2. The third kappa shape index (κ3) is 12.5. The number of fused-ring (bicyclic) bond motifs is 6. The Morgan fingerprint density at radius 2 is 1.70 bits per heavy atom. The number of nitrogens with zero attached hydrogens (tertiary/aromatic N) is 9. The summed E-state index contributed by atoms with van der Waals surface area (Å²) in [4.78, 5) is 61.5. The maximum absolute atomic E-state index is 16.4. The van der Waals surface area contributed by atoms with Gasteiger partial charge in [0.1, 0.15) is 36.7 Å². The van der Waals surface area contributed by atoms with E-state index < -0.39 is 40.9 Å². The quantitative estimate of drug-likeness (QED) is 0.0570. The first-order chi connectivity index (χ1) is 38.3. The van der Waals surface area contributed by atoms with Crippen LogP contribution in [0.25, 0.3) is 44.5 Å². The highest BCUT2D eigenvalue weighted by Gasteiger charge is 2.40. The van der Waals surface area contributed by atoms with E-state index >= 15 is 4.39 Å². The topological polar surface area (TPSA) is 195 Å². The van der Waals surface area contributed by atoms with Crippen LogP contribution in [0.2, 0.25) is 5.02 Å². The fraction of sp³-hybridized carbons (Fsp3) is 0.466. The van der Waals surface area contributed by atoms with Crippen molar-refractivity contribution < 1.29 is 46.5 Å². The molecule has 80 heavy (non-hydrogen) atoms. The molecule has 0 amide bonds. The molecule has 5 aliphatic heterocycles. The molecule has 0 saturated carbocycles. The van der Waals surface area contributed by atoms with Crippen molar-refractivity contribution in [3.63, 3.8) is 0 Å². The summed E-state index contributed by atoms with van der Waals surface area (Å²) in [5.41, 5.74) is 8.67. The number of nitrogens with two attached hydrogens (primary N) is 1. The van der Waals surface area contributed by atoms with Gasteiger partial charge in [0.05, 0.1) is 57.5 Å². The SMILES string of the molecule is C=C(C=O)COC.CC.Cc1cc(N)nc(-c2c(Cl)cc3c(N4CCN(C)C[C@@H]4C)nc(OCC4CCCN4C)nc3c2F)c1C(F)(F)F.O=C1OCc2c(cc3n(c2=O)Cc2c-3nc3ccccc3c2CN2CCCCC2)C1O. The van der Waals surface area contributed by atoms with Crippen LogP contribution in [0.3, 0.4) is 0 Å². The Morgan fingerprint density at radius 1 is 0.963 bits per heavy atom. The number of hydrogen-bond donors (Lipinski definition) is 2. The molecule has 0 bridgehead atoms. The number of nitrogen functional groups attached to an aromatic ring is 1. The molecule has 5 aliphatic rings. The fourth-order valence-electron chi connectivity index (χ4n) is 11.1. The summed E-state index contributed by atoms with van der Waals surface area (Å²) in [5, 5.41) is 11.5. The number of pyridine rings is 3. The highest BCUT2D eigenvalue weighted by Crippen LogP contribution is 2.45. The van der Waals surface area contributed by atoms with Crippen LogP contribution in [0, 0.1) is 12.7 Å². The summed E-state index contributed by atoms with van der Waals surface area (Å²) in [6.45, 7) is 17.7. The molecule has 0 aliphatic carbocycles. The van der Waals surface area contributed by atoms with E-state index in [0.717, 1.165) is 80.3 Å². The van der Waals surface area contributed by atoms with Crippen molar-refractivity contribution >= 4 is 57.3 Å². The summed E-state index contributed by atoms with van der Waals surface area (Å²) in [5.74, 6) is -1.53. The van der Waals surface area contributed by atoms with Crippen molar-refractivity contribution in [3.8, 4) is 28.7 Å². The zero-order valence-corrected chi connectivity index (χ0v) is 47.0. The van der Waals surface area contributed by atoms with Crippen molar-refractivity contribution in [1.29, 1.82) is 0 Å². The van der Waals surface area contributed by atoms with Crippen LogP contribution in [0.5, 0.6) is 6.01 Å². The van der Waals surface area contributed by atoms with Crippen LogP contribution in [0.4, 0.5) is 29.2 Å². The number of benzene rings is 2. The number of rotatable bonds is 10. The van der Waals surface area contributed by atoms with E-state index in [1.807, 2.05) is 58.0 Å². The lowest BCUT2D eigenvalue weighted by molar-refractivity contribution is -0.157. The lowest BCUT2D eigenvalue weighted by Crippen LogP contribution is -2.51. The molecule has 9 heterocycles. The summed E-state index contributed by atoms with van der Waals surface area (Å²) in [7, 11) is 5.54. The van der Waals surface area contributed by atoms with Gasteiger partial charge in [0.2, 0.25) is 0 Å². The molecule has 428 valence electrons. The van der Waals surface area contributed by atoms with Crippen molar-refractivity contribution in [3.05, 3.63) is 109 Å². The maximum Gasteiger partial charge on any atom is 0.418 e. The van der Waals surface area contributed by atoms with Crippen LogP contribution in [-0.4, -0.2) is 142 Å². The molecule has 3 N–H and O–H groups in total. The number of hydrogen-bond acceptors (Lipinski definition) is 16. The summed E-state index contributed by atoms with van der Waals surface area (Å²) in [6.07, 6.45) is 0.120. The number of carbonyl (C=O) groups excluding carboxylic acids is 2. The molecule has 17 nitrogen and oxygen atoms in total. The Balaban J connectivity index is 0.000000187. The fourth-order valence-corrected chi connectivity index (χ4v) is 11.4. The van der Waals surface area contributed by atoms with E-state index in [0.29, 0.717) is 60.8 Å². The number of ether oxygens (including phenoxy) is 3. The average Bonchev–Trinajstić information content (AvgIpc) is 4.23. The normalized spacial score (nSPS) is 19.1. The van der Waals surface area contributed by atoms with Crippen molar-refractivity contribution in [1.82, 2.24) is 39.2 Å². The number of aryl methyl sites for hydroxylation is 1. The molecule has 0 radical (unpaired) electrons. The molecular formula is C58H69ClF4N10O7. The van der Waals surface area contributed by atoms with Gasteiger partial charge < -0.3 is 44.3 Å². The minimum atomic E-state index is -4.82. The van der Waals surface area contributed by atoms with E-state index in [2.05, 4.69) is 47.0 Å². The second-order valence-corrected chi connectivity index (χ2v) is 21.0. The number of aliphatic hydroxyl groups excluding tert-OH is 1. The minimum Gasteiger partial charge on any atom is -0.462 e. The van der Waals surface area contributed by atoms with Gasteiger partial charge in [0.15, 0.2) is 11.9 Å². The van der Waals surface area contributed by atoms with E-state index in [1.165, 1.54) is 44.9 Å². The van der Waals surface area contributed by atoms with Crippen molar-refractivity contribution in [2.45, 2.75) is 104 Å². The van der Waals surface area contributed by atoms with Crippen LogP contribution < -0.4 is 20.9 Å². The lowest BCUT2D eigenvalue weighted by atomic mass is 9.98. The van der Waals surface area contributed by atoms with Gasteiger partial charge in [0.25, 0.3) is 5.56 Å². The van der Waals surface area contributed by atoms with E-state index in [9.17, 15) is 32.7 Å². The second-order valence-electron chi connectivity index (χ2n) is 20.6. The number of esters is 1. The molecule has 0 spiro atoms. The number of likely N-dealkylation sites (tertiary alicyclic amines) is 2. The largest absolute Gasteiger partial charge is 0.462 e. The first kappa shape index (κ1) is 59.5. The molecule has 22 heteroatoms. The summed E-state index contributed by atoms with van der Waals surface area (Å²) >= 11 is 6.54. The van der Waals surface area contributed by atoms with Gasteiger partial charge in [-0.2, -0.15) is 23.1 Å². The number of aromatic nitrogens is 5. The first-order valence-electron chi connectivity index (χ1n) is 27.0. The highest BCUT2D eigenvalue weighted by atomic mass is 35.5. The maximum atomic E-state index is 16.4. The van der Waals surface area contributed by atoms with Crippen LogP contribution in [0.1, 0.15) is 92.4 Å². The number of alkyl halides is 3. The van der Waals surface area contributed by atoms with Gasteiger partial charge in [-0.15, -0.1) is 0 Å². The lowest BCUT2D eigenvalue weighted by Gasteiger charge is -2.39. The monoisotopic (exact) mass is 1130 g/mol. The number of cyclic esters (lactones) is 1. The number of aldehydes is 1. The van der Waals surface area contributed by atoms with Gasteiger partial charge in [0, 0.05) is 72.8 Å². The van der Waals surface area contributed by atoms with E-state index in [-0.39, 0.29) is 57.6 Å². The van der Waals surface area contributed by atoms with Gasteiger partial charge in [-0.25, -0.2) is 19.2 Å². The highest BCUT2D eigenvalue weighted by molar-refractivity contribution is 6.34. The second kappa shape index (κ2) is 25.4. The molecule has 3 atom stereocenters. The first-order valence-corrected chi connectivity index (χ1v) is 27.3. The van der Waals surface area contributed by atoms with E-state index in [1.54, 1.807) is 10.6 Å². The smallest absolute Gasteiger partial charge is 0.418 e. The average molecular weight is 1130 g/mol. The summed E-state index contributed by atoms with van der Waals surface area (Å²) in [6, 6.07) is 12.5. The van der Waals surface area contributed by atoms with Gasteiger partial charge in [-0.3, -0.25) is 14.5 Å². The molecule has 6 aromatic rings. The number of para-hydroxylation sites is 1. The Morgan fingerprint density at radius 3 is 2.36 bits per heavy atom. The number of aliphatic hydroxyl groups is 1. The Bertz CT molecular complexity index is 3360. The third-order valence-electron chi connectivity index (χ3n) is 15.1. The van der Waals surface area contributed by atoms with Crippen molar-refractivity contribution in [2.75, 3.05) is 84.3 Å². The Labute approximate surface area is 467 Å². The van der Waals surface area contributed by atoms with E-state index in [4.69, 9.17) is 31.8 Å². The molecule has 2 unspecified atom stereocenters. The summed E-state index contributed by atoms with van der Waals surface area (Å²) < 4.78 is 76.0. The van der Waals surface area contributed by atoms with Gasteiger partial charge >= 0.3 is 18.2 Å². The number of halogens is 5. The zero-order chi connectivity index (χ0) is 57.7. The van der Waals surface area contributed by atoms with Crippen LogP contribution in [-0.2, 0) is 44.9 Å². The van der Waals surface area contributed by atoms with Gasteiger partial charge in [-0.1, -0.05) is 56.6 Å². The van der Waals surface area contributed by atoms with Crippen LogP contribution >= 0.6 is 11.6 Å². The molecular weight excluding hydrogens is 1060 g/mol. The molecule has 11 rings (SSSR count).